The first-order valence-corrected chi connectivity index (χ1v) is 6.95. The summed E-state index contributed by atoms with van der Waals surface area (Å²) in [5.41, 5.74) is 1.18. The lowest BCUT2D eigenvalue weighted by atomic mass is 9.75. The van der Waals surface area contributed by atoms with Gasteiger partial charge in [0.1, 0.15) is 11.7 Å². The molecule has 102 valence electrons. The van der Waals surface area contributed by atoms with Crippen molar-refractivity contribution >= 4 is 11.8 Å². The van der Waals surface area contributed by atoms with Crippen LogP contribution in [0.2, 0.25) is 0 Å². The highest BCUT2D eigenvalue weighted by molar-refractivity contribution is 5.99. The number of ether oxygens (including phenoxy) is 1. The highest BCUT2D eigenvalue weighted by atomic mass is 16.5. The molecule has 3 heteroatoms. The third-order valence-corrected chi connectivity index (χ3v) is 3.70. The van der Waals surface area contributed by atoms with Crippen molar-refractivity contribution in [2.24, 2.45) is 11.8 Å². The van der Waals surface area contributed by atoms with Gasteiger partial charge < -0.3 is 4.74 Å². The average Bonchev–Trinajstić information content (AvgIpc) is 2.40. The predicted octanol–water partition coefficient (Wildman–Crippen LogP) is 2.78. The van der Waals surface area contributed by atoms with Gasteiger partial charge in [0.15, 0.2) is 0 Å². The molecule has 0 amide bonds. The number of carbonyl (C=O) groups excluding carboxylic acids is 2. The van der Waals surface area contributed by atoms with E-state index in [1.807, 2.05) is 30.3 Å². The van der Waals surface area contributed by atoms with Gasteiger partial charge in [0.2, 0.25) is 0 Å². The lowest BCUT2D eigenvalue weighted by Crippen LogP contribution is -2.37. The zero-order chi connectivity index (χ0) is 13.7. The molecule has 1 fully saturated rings. The predicted molar refractivity (Wildman–Crippen MR) is 72.6 cm³/mol. The molecule has 0 radical (unpaired) electrons. The fraction of sp³-hybridized carbons (Fsp3) is 0.500. The molecule has 2 atom stereocenters. The number of hydrogen-bond acceptors (Lipinski definition) is 3. The highest BCUT2D eigenvalue weighted by Crippen LogP contribution is 2.31. The number of hydrogen-bond donors (Lipinski definition) is 0. The van der Waals surface area contributed by atoms with Crippen LogP contribution in [0.15, 0.2) is 30.3 Å². The number of ketones is 1. The fourth-order valence-corrected chi connectivity index (χ4v) is 2.82. The van der Waals surface area contributed by atoms with Gasteiger partial charge in [-0.25, -0.2) is 0 Å². The summed E-state index contributed by atoms with van der Waals surface area (Å²) in [4.78, 5) is 24.0. The summed E-state index contributed by atoms with van der Waals surface area (Å²) in [5.74, 6) is -0.768. The van der Waals surface area contributed by atoms with E-state index in [1.165, 1.54) is 5.56 Å². The molecule has 0 heterocycles. The Labute approximate surface area is 114 Å². The van der Waals surface area contributed by atoms with E-state index in [0.29, 0.717) is 13.0 Å². The summed E-state index contributed by atoms with van der Waals surface area (Å²) in [7, 11) is 0. The third kappa shape index (κ3) is 3.43. The zero-order valence-electron chi connectivity index (χ0n) is 11.3. The summed E-state index contributed by atoms with van der Waals surface area (Å²) in [6.45, 7) is 2.11. The average molecular weight is 260 g/mol. The molecule has 19 heavy (non-hydrogen) atoms. The van der Waals surface area contributed by atoms with Gasteiger partial charge in [-0.05, 0) is 37.7 Å². The van der Waals surface area contributed by atoms with Crippen molar-refractivity contribution in [1.29, 1.82) is 0 Å². The molecule has 0 aliphatic heterocycles. The van der Waals surface area contributed by atoms with Gasteiger partial charge in [-0.2, -0.15) is 0 Å². The minimum absolute atomic E-state index is 0.0469. The molecule has 0 spiro atoms. The normalized spacial score (nSPS) is 23.1. The van der Waals surface area contributed by atoms with E-state index in [-0.39, 0.29) is 17.7 Å². The number of Topliss-reactive ketones (excluding diaryl/α,β-unsaturated/α-hetero) is 1. The molecule has 0 bridgehead atoms. The number of benzene rings is 1. The van der Waals surface area contributed by atoms with Crippen molar-refractivity contribution in [3.8, 4) is 0 Å². The van der Waals surface area contributed by atoms with Crippen LogP contribution in [0.25, 0.3) is 0 Å². The molecule has 1 aromatic rings. The van der Waals surface area contributed by atoms with E-state index in [2.05, 4.69) is 0 Å². The second-order valence-electron chi connectivity index (χ2n) is 5.04. The van der Waals surface area contributed by atoms with Crippen molar-refractivity contribution < 1.29 is 14.3 Å². The van der Waals surface area contributed by atoms with Crippen LogP contribution in [-0.4, -0.2) is 18.4 Å². The Kier molecular flexibility index (Phi) is 4.72. The molecule has 0 N–H and O–H groups in total. The Bertz CT molecular complexity index is 439. The minimum atomic E-state index is -0.561. The third-order valence-electron chi connectivity index (χ3n) is 3.70. The van der Waals surface area contributed by atoms with Crippen molar-refractivity contribution in [3.63, 3.8) is 0 Å². The van der Waals surface area contributed by atoms with Gasteiger partial charge in [0.25, 0.3) is 0 Å². The molecular formula is C16H20O3. The molecule has 2 rings (SSSR count). The van der Waals surface area contributed by atoms with Gasteiger partial charge in [-0.1, -0.05) is 30.3 Å². The maximum Gasteiger partial charge on any atom is 0.316 e. The molecule has 1 aliphatic rings. The quantitative estimate of drug-likeness (QED) is 0.617. The van der Waals surface area contributed by atoms with Crippen molar-refractivity contribution in [1.82, 2.24) is 0 Å². The highest BCUT2D eigenvalue weighted by Gasteiger charge is 2.38. The van der Waals surface area contributed by atoms with Gasteiger partial charge in [0, 0.05) is 6.42 Å². The van der Waals surface area contributed by atoms with Crippen LogP contribution in [0.5, 0.6) is 0 Å². The van der Waals surface area contributed by atoms with Crippen LogP contribution >= 0.6 is 0 Å². The van der Waals surface area contributed by atoms with Gasteiger partial charge in [0.05, 0.1) is 6.61 Å². The van der Waals surface area contributed by atoms with Crippen molar-refractivity contribution in [2.45, 2.75) is 32.6 Å². The molecule has 1 aliphatic carbocycles. The summed E-state index contributed by atoms with van der Waals surface area (Å²) >= 11 is 0. The Balaban J connectivity index is 2.11. The standard InChI is InChI=1S/C16H20O3/c1-2-19-16(18)15-13(9-6-10-14(15)17)11-12-7-4-3-5-8-12/h3-5,7-8,13,15H,2,6,9-11H2,1H3. The molecule has 1 saturated carbocycles. The molecule has 0 aromatic heterocycles. The number of rotatable bonds is 4. The van der Waals surface area contributed by atoms with Crippen LogP contribution in [0, 0.1) is 11.8 Å². The summed E-state index contributed by atoms with van der Waals surface area (Å²) < 4.78 is 5.06. The molecule has 0 saturated heterocycles. The van der Waals surface area contributed by atoms with E-state index >= 15 is 0 Å². The first-order valence-electron chi connectivity index (χ1n) is 6.95. The van der Waals surface area contributed by atoms with Crippen LogP contribution in [0.4, 0.5) is 0 Å². The van der Waals surface area contributed by atoms with Crippen LogP contribution in [0.1, 0.15) is 31.7 Å². The SMILES string of the molecule is CCOC(=O)C1C(=O)CCCC1Cc1ccccc1. The smallest absolute Gasteiger partial charge is 0.316 e. The largest absolute Gasteiger partial charge is 0.465 e. The summed E-state index contributed by atoms with van der Waals surface area (Å²) in [6, 6.07) is 10.0. The monoisotopic (exact) mass is 260 g/mol. The van der Waals surface area contributed by atoms with E-state index < -0.39 is 5.92 Å². The van der Waals surface area contributed by atoms with Crippen LogP contribution in [-0.2, 0) is 20.7 Å². The molecule has 3 nitrogen and oxygen atoms in total. The minimum Gasteiger partial charge on any atom is -0.465 e. The number of carbonyl (C=O) groups is 2. The van der Waals surface area contributed by atoms with E-state index in [4.69, 9.17) is 4.74 Å². The Morgan fingerprint density at radius 3 is 2.74 bits per heavy atom. The van der Waals surface area contributed by atoms with Crippen molar-refractivity contribution in [2.75, 3.05) is 6.61 Å². The topological polar surface area (TPSA) is 43.4 Å². The van der Waals surface area contributed by atoms with Gasteiger partial charge in [-0.15, -0.1) is 0 Å². The van der Waals surface area contributed by atoms with Gasteiger partial charge >= 0.3 is 5.97 Å². The van der Waals surface area contributed by atoms with Crippen LogP contribution < -0.4 is 0 Å². The van der Waals surface area contributed by atoms with Crippen LogP contribution in [0.3, 0.4) is 0 Å². The number of esters is 1. The van der Waals surface area contributed by atoms with Gasteiger partial charge in [-0.3, -0.25) is 9.59 Å². The first kappa shape index (κ1) is 13.8. The summed E-state index contributed by atoms with van der Waals surface area (Å²) in [6.07, 6.45) is 3.08. The first-order chi connectivity index (χ1) is 9.22. The fourth-order valence-electron chi connectivity index (χ4n) is 2.82. The molecule has 2 unspecified atom stereocenters. The maximum absolute atomic E-state index is 12.0. The second-order valence-corrected chi connectivity index (χ2v) is 5.04. The lowest BCUT2D eigenvalue weighted by Gasteiger charge is -2.28. The van der Waals surface area contributed by atoms with Crippen molar-refractivity contribution in [3.05, 3.63) is 35.9 Å². The molecule has 1 aromatic carbocycles. The summed E-state index contributed by atoms with van der Waals surface area (Å²) in [5, 5.41) is 0. The second kappa shape index (κ2) is 6.50. The molecular weight excluding hydrogens is 240 g/mol. The lowest BCUT2D eigenvalue weighted by molar-refractivity contribution is -0.155. The zero-order valence-corrected chi connectivity index (χ0v) is 11.3. The van der Waals surface area contributed by atoms with E-state index in [1.54, 1.807) is 6.92 Å². The van der Waals surface area contributed by atoms with E-state index in [9.17, 15) is 9.59 Å². The maximum atomic E-state index is 12.0. The Hall–Kier alpha value is -1.64. The Morgan fingerprint density at radius 1 is 1.32 bits per heavy atom. The van der Waals surface area contributed by atoms with E-state index in [0.717, 1.165) is 19.3 Å². The Morgan fingerprint density at radius 2 is 2.05 bits per heavy atom.